The number of nitrogens with zero attached hydrogens (tertiary/aromatic N) is 10. The molecule has 14 rings (SSSR count). The molecule has 0 saturated heterocycles. The third-order valence-corrected chi connectivity index (χ3v) is 15.4. The number of nitrogens with one attached hydrogen (secondary N) is 8. The normalized spacial score (nSPS) is 14.3. The van der Waals surface area contributed by atoms with Crippen LogP contribution in [0.5, 0.6) is 0 Å². The molecule has 86 heavy (non-hydrogen) atoms. The van der Waals surface area contributed by atoms with Crippen molar-refractivity contribution in [2.45, 2.75) is 50.9 Å². The van der Waals surface area contributed by atoms with Gasteiger partial charge in [-0.15, -0.1) is 10.2 Å². The van der Waals surface area contributed by atoms with E-state index in [1.165, 1.54) is 30.1 Å². The Labute approximate surface area is 487 Å². The second-order valence-electron chi connectivity index (χ2n) is 20.0. The van der Waals surface area contributed by atoms with E-state index < -0.39 is 46.7 Å². The number of rotatable bonds is 12. The van der Waals surface area contributed by atoms with E-state index in [2.05, 4.69) is 81.0 Å². The molecule has 8 aromatic heterocycles. The fourth-order valence-corrected chi connectivity index (χ4v) is 11.0. The summed E-state index contributed by atoms with van der Waals surface area (Å²) in [6.07, 6.45) is 2.68. The molecule has 30 nitrogen and oxygen atoms in total. The maximum absolute atomic E-state index is 13.6. The predicted molar refractivity (Wildman–Crippen MR) is 304 cm³/mol. The minimum absolute atomic E-state index is 0.00768. The van der Waals surface area contributed by atoms with Gasteiger partial charge in [0.15, 0.2) is 22.8 Å². The fraction of sp³-hybridized carbons (Fsp3) is 0.185. The highest BCUT2D eigenvalue weighted by atomic mass is 32.1. The molecule has 2 aliphatic carbocycles. The Kier molecular flexibility index (Phi) is 13.5. The van der Waals surface area contributed by atoms with Gasteiger partial charge in [0.25, 0.3) is 35.2 Å². The number of hydrogen-bond donors (Lipinski definition) is 8. The number of fused-ring (bicyclic) bond motifs is 6. The monoisotopic (exact) mass is 1200 g/mol. The van der Waals surface area contributed by atoms with Crippen molar-refractivity contribution in [1.29, 1.82) is 0 Å². The Morgan fingerprint density at radius 2 is 1.02 bits per heavy atom. The zero-order chi connectivity index (χ0) is 59.7. The molecule has 0 aliphatic heterocycles. The number of oxazole rings is 2. The first-order valence-corrected chi connectivity index (χ1v) is 27.0. The van der Waals surface area contributed by atoms with Gasteiger partial charge in [-0.25, -0.2) is 48.1 Å². The second-order valence-corrected chi connectivity index (χ2v) is 20.8. The van der Waals surface area contributed by atoms with E-state index in [0.717, 1.165) is 33.4 Å². The van der Waals surface area contributed by atoms with Gasteiger partial charge in [0.1, 0.15) is 22.8 Å². The molecule has 2 aliphatic rings. The summed E-state index contributed by atoms with van der Waals surface area (Å²) in [4.78, 5) is 113. The van der Waals surface area contributed by atoms with E-state index in [4.69, 9.17) is 33.3 Å². The Morgan fingerprint density at radius 1 is 0.570 bits per heavy atom. The lowest BCUT2D eigenvalue weighted by molar-refractivity contribution is 0.0918. The standard InChI is InChI=1S/2C27H21N9O6S/c1-35-18-8-12(2-7-20(18)41-27(35)40)11-28-23(38)19-10-17(30-24-32-33-25(43)36(19)24)22(37)29-16-6-4-13-9-14(3-5-15(13)16)21-31-26(39)42-34-21;1-35-18-8-12(2-7-20(18)41-27(35)40)11-28-22(37)17-10-19(36-24(30-17)32-33-25(36)43)23(38)29-16-6-4-13-9-14(3-5-15(13)16)21-31-26(39)42-34-21/h2-3,5,7-10,16H,4,6,11H2,1H3,(H,28,38)(H,29,37)(H,33,43)(H,31,34,39);2-3,5,7-10,16H,4,6,11H2,1H3,(H,28,37)(H,29,38)(H,33,43)(H,31,34,39)/t2*16-/m00/s1. The molecule has 8 heterocycles. The Balaban J connectivity index is 0.000000160. The lowest BCUT2D eigenvalue weighted by Gasteiger charge is -2.15. The van der Waals surface area contributed by atoms with Gasteiger partial charge < -0.3 is 30.1 Å². The van der Waals surface area contributed by atoms with E-state index >= 15 is 0 Å². The van der Waals surface area contributed by atoms with Crippen LogP contribution in [-0.4, -0.2) is 92.2 Å². The summed E-state index contributed by atoms with van der Waals surface area (Å²) in [5.41, 5.74) is 8.91. The van der Waals surface area contributed by atoms with Gasteiger partial charge in [-0.1, -0.05) is 46.7 Å². The van der Waals surface area contributed by atoms with Crippen molar-refractivity contribution >= 4 is 81.8 Å². The van der Waals surface area contributed by atoms with Crippen molar-refractivity contribution in [3.63, 3.8) is 0 Å². The van der Waals surface area contributed by atoms with E-state index in [9.17, 15) is 38.4 Å². The topological polar surface area (TPSA) is 396 Å². The zero-order valence-electron chi connectivity index (χ0n) is 44.7. The summed E-state index contributed by atoms with van der Waals surface area (Å²) in [7, 11) is 3.20. The van der Waals surface area contributed by atoms with Gasteiger partial charge in [0.05, 0.1) is 23.1 Å². The first kappa shape index (κ1) is 54.0. The summed E-state index contributed by atoms with van der Waals surface area (Å²) in [5.74, 6) is -3.45. The second kappa shape index (κ2) is 21.5. The van der Waals surface area contributed by atoms with Crippen molar-refractivity contribution in [2.75, 3.05) is 0 Å². The maximum atomic E-state index is 13.6. The SMILES string of the molecule is Cn1c(=O)oc2ccc(CNC(=O)c3cc(C(=O)N[C@H]4CCc5cc(-c6noc(=O)[nH]6)ccc54)n4c(=S)[nH]nc4n3)cc21.Cn1c(=O)oc2ccc(CNC(=O)c3cc(C(=O)N[C@H]4CCc5cc(-c6noc(=O)[nH]6)ccc54)nc4n[nH]c(=S)n34)cc21. The zero-order valence-corrected chi connectivity index (χ0v) is 46.3. The number of benzene rings is 4. The summed E-state index contributed by atoms with van der Waals surface area (Å²) in [6, 6.07) is 23.6. The highest BCUT2D eigenvalue weighted by molar-refractivity contribution is 7.71. The minimum Gasteiger partial charge on any atom is -0.408 e. The number of aryl methyl sites for hydroxylation is 4. The van der Waals surface area contributed by atoms with Crippen LogP contribution in [0, 0.1) is 9.54 Å². The lowest BCUT2D eigenvalue weighted by Crippen LogP contribution is -2.30. The smallest absolute Gasteiger partial charge is 0.408 e. The molecule has 32 heteroatoms. The summed E-state index contributed by atoms with van der Waals surface area (Å²) >= 11 is 10.6. The average Bonchev–Trinajstić information content (AvgIpc) is 3.01. The van der Waals surface area contributed by atoms with Gasteiger partial charge in [-0.05, 0) is 132 Å². The van der Waals surface area contributed by atoms with Crippen LogP contribution < -0.4 is 44.3 Å². The highest BCUT2D eigenvalue weighted by Crippen LogP contribution is 2.35. The molecule has 12 aromatic rings. The van der Waals surface area contributed by atoms with Crippen molar-refractivity contribution < 1.29 is 37.1 Å². The number of aromatic amines is 4. The van der Waals surface area contributed by atoms with Gasteiger partial charge in [0.2, 0.25) is 9.54 Å². The first-order valence-electron chi connectivity index (χ1n) is 26.2. The molecule has 2 atom stereocenters. The predicted octanol–water partition coefficient (Wildman–Crippen LogP) is 3.84. The van der Waals surface area contributed by atoms with E-state index in [-0.39, 0.29) is 69.0 Å². The molecule has 4 amide bonds. The number of aromatic nitrogens is 14. The summed E-state index contributed by atoms with van der Waals surface area (Å²) in [5, 5.41) is 32.5. The molecular formula is C54H42N18O12S2. The van der Waals surface area contributed by atoms with E-state index in [1.54, 1.807) is 62.6 Å². The van der Waals surface area contributed by atoms with Gasteiger partial charge >= 0.3 is 23.0 Å². The number of amides is 4. The van der Waals surface area contributed by atoms with Crippen LogP contribution >= 0.6 is 24.4 Å². The molecule has 0 fully saturated rings. The summed E-state index contributed by atoms with van der Waals surface area (Å²) < 4.78 is 25.3. The number of H-pyrrole nitrogens is 4. The molecule has 0 radical (unpaired) electrons. The number of carbonyl (C=O) groups is 4. The van der Waals surface area contributed by atoms with E-state index in [0.29, 0.717) is 70.7 Å². The molecule has 0 unspecified atom stereocenters. The Hall–Kier alpha value is -11.3. The molecule has 0 bridgehead atoms. The van der Waals surface area contributed by atoms with Crippen LogP contribution in [-0.2, 0) is 40.0 Å². The van der Waals surface area contributed by atoms with Gasteiger partial charge in [0, 0.05) is 38.3 Å². The average molecular weight is 1200 g/mol. The molecule has 8 N–H and O–H groups in total. The fourth-order valence-electron chi connectivity index (χ4n) is 10.5. The third-order valence-electron chi connectivity index (χ3n) is 14.8. The van der Waals surface area contributed by atoms with Crippen molar-refractivity contribution in [3.05, 3.63) is 193 Å². The largest absolute Gasteiger partial charge is 0.439 e. The quantitative estimate of drug-likeness (QED) is 0.0805. The van der Waals surface area contributed by atoms with Crippen LogP contribution in [0.2, 0.25) is 0 Å². The molecule has 432 valence electrons. The Morgan fingerprint density at radius 3 is 1.50 bits per heavy atom. The molecule has 0 saturated carbocycles. The van der Waals surface area contributed by atoms with Gasteiger partial charge in [-0.3, -0.25) is 47.3 Å². The molecule has 0 spiro atoms. The van der Waals surface area contributed by atoms with Crippen molar-refractivity contribution in [3.8, 4) is 22.8 Å². The first-order chi connectivity index (χ1) is 41.5. The van der Waals surface area contributed by atoms with E-state index in [1.807, 2.05) is 24.3 Å². The number of carbonyl (C=O) groups excluding carboxylic acids is 4. The molecular weight excluding hydrogens is 1160 g/mol. The van der Waals surface area contributed by atoms with Crippen LogP contribution in [0.4, 0.5) is 0 Å². The van der Waals surface area contributed by atoms with Crippen molar-refractivity contribution in [2.24, 2.45) is 14.1 Å². The van der Waals surface area contributed by atoms with Crippen LogP contribution in [0.25, 0.3) is 56.5 Å². The van der Waals surface area contributed by atoms with Gasteiger partial charge in [-0.2, -0.15) is 0 Å². The summed E-state index contributed by atoms with van der Waals surface area (Å²) in [6.45, 7) is 0.270. The Bertz CT molecular complexity index is 5180. The van der Waals surface area contributed by atoms with Crippen LogP contribution in [0.3, 0.4) is 0 Å². The maximum Gasteiger partial charge on any atom is 0.439 e. The molecule has 4 aromatic carbocycles. The van der Waals surface area contributed by atoms with Crippen LogP contribution in [0.15, 0.2) is 122 Å². The third kappa shape index (κ3) is 10.1. The lowest BCUT2D eigenvalue weighted by atomic mass is 10.0. The number of hydrogen-bond acceptors (Lipinski definition) is 20. The highest BCUT2D eigenvalue weighted by Gasteiger charge is 2.29. The minimum atomic E-state index is -0.640. The van der Waals surface area contributed by atoms with Crippen molar-refractivity contribution in [1.82, 2.24) is 89.8 Å². The van der Waals surface area contributed by atoms with Crippen LogP contribution in [0.1, 0.15) is 100 Å².